The first-order valence-corrected chi connectivity index (χ1v) is 9.75. The van der Waals surface area contributed by atoms with Crippen molar-refractivity contribution in [2.45, 2.75) is 19.3 Å². The maximum Gasteiger partial charge on any atom is 0.227 e. The molecule has 2 heterocycles. The summed E-state index contributed by atoms with van der Waals surface area (Å²) in [5.74, 6) is 2.97. The summed E-state index contributed by atoms with van der Waals surface area (Å²) in [4.78, 5) is 11.9. The average Bonchev–Trinajstić information content (AvgIpc) is 3.28. The van der Waals surface area contributed by atoms with Crippen LogP contribution < -0.4 is 19.7 Å². The lowest BCUT2D eigenvalue weighted by Crippen LogP contribution is -2.21. The number of nitrogens with zero attached hydrogens (tertiary/aromatic N) is 3. The molecule has 3 aromatic rings. The van der Waals surface area contributed by atoms with Crippen LogP contribution in [0.1, 0.15) is 18.4 Å². The average molecular weight is 378 g/mol. The molecule has 146 valence electrons. The molecule has 0 amide bonds. The van der Waals surface area contributed by atoms with Gasteiger partial charge in [-0.1, -0.05) is 30.3 Å². The highest BCUT2D eigenvalue weighted by molar-refractivity contribution is 5.92. The third-order valence-corrected chi connectivity index (χ3v) is 5.13. The molecule has 0 bridgehead atoms. The molecule has 1 saturated heterocycles. The zero-order valence-corrected chi connectivity index (χ0v) is 16.4. The molecule has 0 saturated carbocycles. The van der Waals surface area contributed by atoms with Crippen molar-refractivity contribution in [1.82, 2.24) is 9.97 Å². The van der Waals surface area contributed by atoms with Gasteiger partial charge < -0.3 is 19.7 Å². The molecule has 1 aliphatic heterocycles. The Morgan fingerprint density at radius 1 is 0.964 bits per heavy atom. The van der Waals surface area contributed by atoms with Crippen LogP contribution in [0.2, 0.25) is 0 Å². The van der Waals surface area contributed by atoms with E-state index in [1.807, 2.05) is 18.2 Å². The highest BCUT2D eigenvalue weighted by Gasteiger charge is 2.19. The molecule has 2 aromatic carbocycles. The van der Waals surface area contributed by atoms with Gasteiger partial charge in [0.15, 0.2) is 11.5 Å². The number of rotatable bonds is 7. The van der Waals surface area contributed by atoms with Crippen molar-refractivity contribution >= 4 is 22.7 Å². The highest BCUT2D eigenvalue weighted by Crippen LogP contribution is 2.35. The third kappa shape index (κ3) is 3.81. The van der Waals surface area contributed by atoms with Gasteiger partial charge in [-0.15, -0.1) is 0 Å². The van der Waals surface area contributed by atoms with E-state index in [0.29, 0.717) is 11.5 Å². The number of nitrogens with one attached hydrogen (secondary N) is 1. The van der Waals surface area contributed by atoms with Gasteiger partial charge in [0, 0.05) is 31.1 Å². The van der Waals surface area contributed by atoms with Gasteiger partial charge in [0.1, 0.15) is 5.82 Å². The zero-order valence-electron chi connectivity index (χ0n) is 16.4. The van der Waals surface area contributed by atoms with E-state index in [-0.39, 0.29) is 0 Å². The Labute approximate surface area is 165 Å². The molecule has 1 fully saturated rings. The maximum atomic E-state index is 5.48. The largest absolute Gasteiger partial charge is 0.493 e. The quantitative estimate of drug-likeness (QED) is 0.673. The Morgan fingerprint density at radius 3 is 2.39 bits per heavy atom. The second-order valence-electron chi connectivity index (χ2n) is 6.95. The van der Waals surface area contributed by atoms with E-state index in [2.05, 4.69) is 34.5 Å². The van der Waals surface area contributed by atoms with E-state index in [9.17, 15) is 0 Å². The number of anilines is 2. The Bertz CT molecular complexity index is 940. The molecule has 28 heavy (non-hydrogen) atoms. The van der Waals surface area contributed by atoms with E-state index in [0.717, 1.165) is 48.7 Å². The van der Waals surface area contributed by atoms with Crippen LogP contribution in [-0.2, 0) is 6.42 Å². The van der Waals surface area contributed by atoms with E-state index >= 15 is 0 Å². The fourth-order valence-electron chi connectivity index (χ4n) is 3.61. The number of aromatic nitrogens is 2. The summed E-state index contributed by atoms with van der Waals surface area (Å²) in [6, 6.07) is 14.3. The van der Waals surface area contributed by atoms with Crippen molar-refractivity contribution < 1.29 is 9.47 Å². The number of benzene rings is 2. The van der Waals surface area contributed by atoms with Crippen molar-refractivity contribution in [3.63, 3.8) is 0 Å². The van der Waals surface area contributed by atoms with Crippen LogP contribution in [0.25, 0.3) is 10.9 Å². The monoisotopic (exact) mass is 378 g/mol. The molecular weight excluding hydrogens is 352 g/mol. The number of fused-ring (bicyclic) bond motifs is 1. The third-order valence-electron chi connectivity index (χ3n) is 5.13. The first-order valence-electron chi connectivity index (χ1n) is 9.75. The normalized spacial score (nSPS) is 13.7. The molecule has 0 spiro atoms. The molecule has 1 aromatic heterocycles. The van der Waals surface area contributed by atoms with Crippen LogP contribution in [0.5, 0.6) is 11.5 Å². The summed E-state index contributed by atoms with van der Waals surface area (Å²) in [6.45, 7) is 2.80. The van der Waals surface area contributed by atoms with Gasteiger partial charge in [-0.2, -0.15) is 4.98 Å². The Balaban J connectivity index is 1.68. The second-order valence-corrected chi connectivity index (χ2v) is 6.95. The minimum absolute atomic E-state index is 0.677. The first-order chi connectivity index (χ1) is 13.8. The molecule has 6 heteroatoms. The zero-order chi connectivity index (χ0) is 19.3. The van der Waals surface area contributed by atoms with Gasteiger partial charge in [-0.3, -0.25) is 0 Å². The molecule has 0 atom stereocenters. The number of ether oxygens (including phenoxy) is 2. The van der Waals surface area contributed by atoms with Crippen molar-refractivity contribution in [2.75, 3.05) is 44.1 Å². The highest BCUT2D eigenvalue weighted by atomic mass is 16.5. The van der Waals surface area contributed by atoms with Crippen molar-refractivity contribution in [2.24, 2.45) is 0 Å². The fraction of sp³-hybridized carbons (Fsp3) is 0.364. The Kier molecular flexibility index (Phi) is 5.46. The van der Waals surface area contributed by atoms with Gasteiger partial charge in [0.05, 0.1) is 19.7 Å². The molecule has 6 nitrogen and oxygen atoms in total. The van der Waals surface area contributed by atoms with Crippen molar-refractivity contribution in [3.05, 3.63) is 48.0 Å². The lowest BCUT2D eigenvalue weighted by atomic mass is 10.1. The summed E-state index contributed by atoms with van der Waals surface area (Å²) in [7, 11) is 3.29. The minimum atomic E-state index is 0.677. The van der Waals surface area contributed by atoms with Gasteiger partial charge >= 0.3 is 0 Å². The van der Waals surface area contributed by atoms with E-state index in [1.165, 1.54) is 18.4 Å². The summed E-state index contributed by atoms with van der Waals surface area (Å²) in [5.41, 5.74) is 2.16. The van der Waals surface area contributed by atoms with Crippen LogP contribution in [-0.4, -0.2) is 43.8 Å². The second kappa shape index (κ2) is 8.33. The van der Waals surface area contributed by atoms with E-state index in [1.54, 1.807) is 14.2 Å². The van der Waals surface area contributed by atoms with Crippen LogP contribution in [0.3, 0.4) is 0 Å². The van der Waals surface area contributed by atoms with Gasteiger partial charge in [-0.05, 0) is 30.9 Å². The minimum Gasteiger partial charge on any atom is -0.493 e. The number of hydrogen-bond acceptors (Lipinski definition) is 6. The van der Waals surface area contributed by atoms with Crippen molar-refractivity contribution in [1.29, 1.82) is 0 Å². The Morgan fingerprint density at radius 2 is 1.68 bits per heavy atom. The molecule has 0 aliphatic carbocycles. The fourth-order valence-corrected chi connectivity index (χ4v) is 3.61. The SMILES string of the molecule is COc1cc2nc(N3CCCC3)nc(NCCc3ccccc3)c2cc1OC. The topological polar surface area (TPSA) is 59.5 Å². The molecule has 0 unspecified atom stereocenters. The van der Waals surface area contributed by atoms with Crippen molar-refractivity contribution in [3.8, 4) is 11.5 Å². The maximum absolute atomic E-state index is 5.48. The Hall–Kier alpha value is -3.02. The van der Waals surface area contributed by atoms with Crippen LogP contribution >= 0.6 is 0 Å². The van der Waals surface area contributed by atoms with Crippen LogP contribution in [0.4, 0.5) is 11.8 Å². The predicted molar refractivity (Wildman–Crippen MR) is 113 cm³/mol. The smallest absolute Gasteiger partial charge is 0.227 e. The summed E-state index contributed by atoms with van der Waals surface area (Å²) in [6.07, 6.45) is 3.30. The number of methoxy groups -OCH3 is 2. The molecule has 0 radical (unpaired) electrons. The summed E-state index contributed by atoms with van der Waals surface area (Å²) < 4.78 is 11.0. The van der Waals surface area contributed by atoms with Gasteiger partial charge in [0.2, 0.25) is 5.95 Å². The predicted octanol–water partition coefficient (Wildman–Crippen LogP) is 3.90. The number of hydrogen-bond donors (Lipinski definition) is 1. The standard InChI is InChI=1S/C22H26N4O2/c1-27-19-14-17-18(15-20(19)28-2)24-22(26-12-6-7-13-26)25-21(17)23-11-10-16-8-4-3-5-9-16/h3-5,8-9,14-15H,6-7,10-13H2,1-2H3,(H,23,24,25). The molecular formula is C22H26N4O2. The lowest BCUT2D eigenvalue weighted by molar-refractivity contribution is 0.356. The molecule has 1 N–H and O–H groups in total. The van der Waals surface area contributed by atoms with E-state index < -0.39 is 0 Å². The molecule has 4 rings (SSSR count). The summed E-state index contributed by atoms with van der Waals surface area (Å²) in [5, 5.41) is 4.45. The summed E-state index contributed by atoms with van der Waals surface area (Å²) >= 11 is 0. The first kappa shape index (κ1) is 18.3. The van der Waals surface area contributed by atoms with E-state index in [4.69, 9.17) is 19.4 Å². The van der Waals surface area contributed by atoms with Gasteiger partial charge in [0.25, 0.3) is 0 Å². The molecule has 1 aliphatic rings. The van der Waals surface area contributed by atoms with Crippen LogP contribution in [0, 0.1) is 0 Å². The lowest BCUT2D eigenvalue weighted by Gasteiger charge is -2.19. The van der Waals surface area contributed by atoms with Crippen LogP contribution in [0.15, 0.2) is 42.5 Å². The van der Waals surface area contributed by atoms with Gasteiger partial charge in [-0.25, -0.2) is 4.98 Å².